The fourth-order valence-corrected chi connectivity index (χ4v) is 3.49. The average Bonchev–Trinajstić information content (AvgIpc) is 3.12. The molecule has 3 N–H and O–H groups in total. The van der Waals surface area contributed by atoms with Crippen LogP contribution in [0.1, 0.15) is 10.5 Å². The molecule has 1 heterocycles. The predicted molar refractivity (Wildman–Crippen MR) is 123 cm³/mol. The smallest absolute Gasteiger partial charge is 0.321 e. The van der Waals surface area contributed by atoms with Gasteiger partial charge >= 0.3 is 11.8 Å². The Balaban J connectivity index is 1.62. The number of carbonyl (C=O) groups excluding carboxylic acids is 3. The van der Waals surface area contributed by atoms with Gasteiger partial charge in [0.25, 0.3) is 5.91 Å². The number of nitrogens with zero attached hydrogens (tertiary/aromatic N) is 1. The molecule has 4 aromatic rings. The molecule has 0 atom stereocenters. The van der Waals surface area contributed by atoms with E-state index in [-0.39, 0.29) is 11.4 Å². The van der Waals surface area contributed by atoms with Crippen molar-refractivity contribution in [1.82, 2.24) is 4.68 Å². The Morgan fingerprint density at radius 3 is 2.24 bits per heavy atom. The number of halogens is 3. The van der Waals surface area contributed by atoms with Crippen molar-refractivity contribution in [2.24, 2.45) is 0 Å². The molecule has 0 aliphatic heterocycles. The van der Waals surface area contributed by atoms with E-state index in [4.69, 9.17) is 0 Å². The van der Waals surface area contributed by atoms with Crippen molar-refractivity contribution in [3.05, 3.63) is 94.6 Å². The van der Waals surface area contributed by atoms with E-state index < -0.39 is 29.4 Å². The summed E-state index contributed by atoms with van der Waals surface area (Å²) in [5.41, 5.74) is 3.32. The minimum absolute atomic E-state index is 0.0272. The van der Waals surface area contributed by atoms with Gasteiger partial charge in [-0.25, -0.2) is 13.5 Å². The van der Waals surface area contributed by atoms with Gasteiger partial charge in [-0.1, -0.05) is 22.0 Å². The largest absolute Gasteiger partial charge is 0.328 e. The molecule has 0 aliphatic carbocycles. The summed E-state index contributed by atoms with van der Waals surface area (Å²) in [6.45, 7) is 0. The van der Waals surface area contributed by atoms with Gasteiger partial charge in [-0.2, -0.15) is 0 Å². The van der Waals surface area contributed by atoms with Crippen LogP contribution < -0.4 is 16.1 Å². The van der Waals surface area contributed by atoms with Crippen molar-refractivity contribution in [3.63, 3.8) is 0 Å². The van der Waals surface area contributed by atoms with Crippen LogP contribution in [0.4, 0.5) is 20.2 Å². The van der Waals surface area contributed by atoms with Crippen LogP contribution in [0.5, 0.6) is 0 Å². The fourth-order valence-electron chi connectivity index (χ4n) is 3.11. The van der Waals surface area contributed by atoms with Crippen LogP contribution in [-0.4, -0.2) is 22.4 Å². The number of carbonyl (C=O) groups is 3. The zero-order valence-electron chi connectivity index (χ0n) is 16.7. The molecule has 0 aliphatic rings. The Labute approximate surface area is 194 Å². The average molecular weight is 513 g/mol. The molecular formula is C23H15BrF2N4O3. The summed E-state index contributed by atoms with van der Waals surface area (Å²) < 4.78 is 28.4. The minimum Gasteiger partial charge on any atom is -0.321 e. The number of nitrogens with one attached hydrogen (secondary N) is 3. The first-order valence-electron chi connectivity index (χ1n) is 9.56. The molecule has 3 amide bonds. The maximum atomic E-state index is 13.3. The molecule has 0 radical (unpaired) electrons. The third-order valence-corrected chi connectivity index (χ3v) is 5.09. The molecule has 166 valence electrons. The number of anilines is 2. The molecule has 0 unspecified atom stereocenters. The molecule has 0 saturated heterocycles. The number of aromatic nitrogens is 1. The van der Waals surface area contributed by atoms with Crippen molar-refractivity contribution in [1.29, 1.82) is 0 Å². The molecule has 7 nitrogen and oxygen atoms in total. The Morgan fingerprint density at radius 2 is 1.52 bits per heavy atom. The Morgan fingerprint density at radius 1 is 0.758 bits per heavy atom. The second-order valence-electron chi connectivity index (χ2n) is 6.93. The van der Waals surface area contributed by atoms with E-state index in [1.807, 2.05) is 0 Å². The Kier molecular flexibility index (Phi) is 6.18. The standard InChI is InChI=1S/C23H15BrF2N4O3/c24-14-4-9-19-13(10-14)11-20(21(31)27-17-7-5-15(25)6-8-17)30(19)29-23(33)22(32)28-18-3-1-2-16(26)12-18/h1-12H,(H,27,31)(H,28,32)(H,29,33). The van der Waals surface area contributed by atoms with Gasteiger partial charge in [0.2, 0.25) is 0 Å². The van der Waals surface area contributed by atoms with E-state index in [0.717, 1.165) is 10.5 Å². The van der Waals surface area contributed by atoms with Crippen molar-refractivity contribution < 1.29 is 23.2 Å². The van der Waals surface area contributed by atoms with Crippen molar-refractivity contribution in [3.8, 4) is 0 Å². The SMILES string of the molecule is O=C(Nc1cccc(F)c1)C(=O)Nn1c(C(=O)Nc2ccc(F)cc2)cc2cc(Br)ccc21. The summed E-state index contributed by atoms with van der Waals surface area (Å²) >= 11 is 3.35. The van der Waals surface area contributed by atoms with Crippen LogP contribution in [0, 0.1) is 11.6 Å². The number of hydrogen-bond donors (Lipinski definition) is 3. The zero-order valence-corrected chi connectivity index (χ0v) is 18.3. The van der Waals surface area contributed by atoms with Crippen LogP contribution in [0.25, 0.3) is 10.9 Å². The van der Waals surface area contributed by atoms with Gasteiger partial charge in [0.15, 0.2) is 0 Å². The molecule has 0 spiro atoms. The van der Waals surface area contributed by atoms with Crippen LogP contribution in [0.2, 0.25) is 0 Å². The minimum atomic E-state index is -1.07. The lowest BCUT2D eigenvalue weighted by Crippen LogP contribution is -2.36. The maximum absolute atomic E-state index is 13.3. The highest BCUT2D eigenvalue weighted by molar-refractivity contribution is 9.10. The summed E-state index contributed by atoms with van der Waals surface area (Å²) in [6, 6.07) is 16.9. The fraction of sp³-hybridized carbons (Fsp3) is 0. The van der Waals surface area contributed by atoms with E-state index in [2.05, 4.69) is 32.0 Å². The van der Waals surface area contributed by atoms with Crippen LogP contribution >= 0.6 is 15.9 Å². The van der Waals surface area contributed by atoms with Crippen molar-refractivity contribution in [2.75, 3.05) is 16.1 Å². The van der Waals surface area contributed by atoms with Crippen LogP contribution in [0.15, 0.2) is 77.3 Å². The molecular weight excluding hydrogens is 498 g/mol. The summed E-state index contributed by atoms with van der Waals surface area (Å²) in [5.74, 6) is -3.75. The Bertz CT molecular complexity index is 1390. The maximum Gasteiger partial charge on any atom is 0.328 e. The number of rotatable bonds is 4. The number of amides is 3. The quantitative estimate of drug-likeness (QED) is 0.347. The van der Waals surface area contributed by atoms with Gasteiger partial charge in [0.1, 0.15) is 17.3 Å². The number of benzene rings is 3. The predicted octanol–water partition coefficient (Wildman–Crippen LogP) is 4.64. The highest BCUT2D eigenvalue weighted by Crippen LogP contribution is 2.24. The normalized spacial score (nSPS) is 10.6. The summed E-state index contributed by atoms with van der Waals surface area (Å²) in [4.78, 5) is 37.8. The molecule has 0 fully saturated rings. The molecule has 1 aromatic heterocycles. The molecule has 4 rings (SSSR count). The molecule has 33 heavy (non-hydrogen) atoms. The van der Waals surface area contributed by atoms with E-state index in [0.29, 0.717) is 16.6 Å². The Hall–Kier alpha value is -4.05. The van der Waals surface area contributed by atoms with E-state index in [9.17, 15) is 23.2 Å². The topological polar surface area (TPSA) is 92.2 Å². The van der Waals surface area contributed by atoms with E-state index in [1.165, 1.54) is 53.2 Å². The first kappa shape index (κ1) is 22.2. The zero-order chi connectivity index (χ0) is 23.5. The van der Waals surface area contributed by atoms with Crippen LogP contribution in [-0.2, 0) is 9.59 Å². The monoisotopic (exact) mass is 512 g/mol. The lowest BCUT2D eigenvalue weighted by Gasteiger charge is -2.13. The third kappa shape index (κ3) is 5.07. The highest BCUT2D eigenvalue weighted by Gasteiger charge is 2.21. The van der Waals surface area contributed by atoms with Crippen molar-refractivity contribution in [2.45, 2.75) is 0 Å². The van der Waals surface area contributed by atoms with Gasteiger partial charge < -0.3 is 10.6 Å². The van der Waals surface area contributed by atoms with Gasteiger partial charge in [-0.15, -0.1) is 0 Å². The first-order valence-corrected chi connectivity index (χ1v) is 10.4. The molecule has 3 aromatic carbocycles. The third-order valence-electron chi connectivity index (χ3n) is 4.60. The molecule has 0 saturated carbocycles. The first-order chi connectivity index (χ1) is 15.8. The second-order valence-corrected chi connectivity index (χ2v) is 7.85. The van der Waals surface area contributed by atoms with Gasteiger partial charge in [-0.3, -0.25) is 19.8 Å². The number of fused-ring (bicyclic) bond motifs is 1. The number of hydrogen-bond acceptors (Lipinski definition) is 3. The summed E-state index contributed by atoms with van der Waals surface area (Å²) in [5, 5.41) is 5.53. The summed E-state index contributed by atoms with van der Waals surface area (Å²) in [6.07, 6.45) is 0. The van der Waals surface area contributed by atoms with Crippen LogP contribution in [0.3, 0.4) is 0 Å². The molecule has 0 bridgehead atoms. The van der Waals surface area contributed by atoms with E-state index in [1.54, 1.807) is 18.2 Å². The van der Waals surface area contributed by atoms with Gasteiger partial charge in [0, 0.05) is 21.2 Å². The lowest BCUT2D eigenvalue weighted by atomic mass is 10.2. The lowest BCUT2D eigenvalue weighted by molar-refractivity contribution is -0.133. The summed E-state index contributed by atoms with van der Waals surface area (Å²) in [7, 11) is 0. The van der Waals surface area contributed by atoms with Gasteiger partial charge in [0.05, 0.1) is 5.52 Å². The highest BCUT2D eigenvalue weighted by atomic mass is 79.9. The second kappa shape index (κ2) is 9.21. The van der Waals surface area contributed by atoms with Crippen molar-refractivity contribution >= 4 is 55.9 Å². The van der Waals surface area contributed by atoms with E-state index >= 15 is 0 Å². The van der Waals surface area contributed by atoms with Gasteiger partial charge in [-0.05, 0) is 66.7 Å². The molecule has 10 heteroatoms.